The average molecular weight is 542 g/mol. The first kappa shape index (κ1) is 31.3. The van der Waals surface area contributed by atoms with Crippen molar-refractivity contribution < 1.29 is 42.1 Å². The standard InChI is InChI=1S/C27H41O9S/c1-28-12-15-31-18-21-34-24-4-8-26(9-5-24)37(36-23-20-33-17-14-30-3)27-10-6-25(7-11-27)35-22-19-32-16-13-29-2/h4-11H,12-23H2,1-3H3/q+1. The van der Waals surface area contributed by atoms with Gasteiger partial charge in [0.05, 0.1) is 59.5 Å². The second-order valence-corrected chi connectivity index (χ2v) is 9.26. The van der Waals surface area contributed by atoms with E-state index in [1.54, 1.807) is 21.3 Å². The third-order valence-corrected chi connectivity index (χ3v) is 6.60. The summed E-state index contributed by atoms with van der Waals surface area (Å²) >= 11 is -0.597. The summed E-state index contributed by atoms with van der Waals surface area (Å²) in [4.78, 5) is 2.08. The zero-order valence-corrected chi connectivity index (χ0v) is 23.0. The Hall–Kier alpha value is -1.89. The normalized spacial score (nSPS) is 11.2. The van der Waals surface area contributed by atoms with Gasteiger partial charge in [-0.1, -0.05) is 0 Å². The smallest absolute Gasteiger partial charge is 0.223 e. The van der Waals surface area contributed by atoms with Gasteiger partial charge in [-0.25, -0.2) is 0 Å². The van der Waals surface area contributed by atoms with Crippen molar-refractivity contribution in [3.05, 3.63) is 48.5 Å². The highest BCUT2D eigenvalue weighted by Crippen LogP contribution is 2.28. The van der Waals surface area contributed by atoms with Gasteiger partial charge in [0.2, 0.25) is 11.2 Å². The highest BCUT2D eigenvalue weighted by Gasteiger charge is 2.28. The Morgan fingerprint density at radius 3 is 1.16 bits per heavy atom. The first-order valence-corrected chi connectivity index (χ1v) is 13.5. The van der Waals surface area contributed by atoms with Crippen LogP contribution in [0.1, 0.15) is 0 Å². The molecule has 0 fully saturated rings. The van der Waals surface area contributed by atoms with Gasteiger partial charge >= 0.3 is 0 Å². The number of methoxy groups -OCH3 is 3. The third-order valence-electron chi connectivity index (χ3n) is 4.79. The average Bonchev–Trinajstić information content (AvgIpc) is 2.93. The Labute approximate surface area is 223 Å². The minimum atomic E-state index is -0.597. The summed E-state index contributed by atoms with van der Waals surface area (Å²) in [6.45, 7) is 6.27. The Morgan fingerprint density at radius 1 is 0.432 bits per heavy atom. The van der Waals surface area contributed by atoms with Crippen molar-refractivity contribution in [2.75, 3.05) is 101 Å². The zero-order chi connectivity index (χ0) is 26.4. The first-order chi connectivity index (χ1) is 18.3. The number of benzene rings is 2. The summed E-state index contributed by atoms with van der Waals surface area (Å²) in [5.74, 6) is 1.56. The van der Waals surface area contributed by atoms with E-state index in [2.05, 4.69) is 0 Å². The van der Waals surface area contributed by atoms with Gasteiger partial charge in [-0.15, -0.1) is 0 Å². The Balaban J connectivity index is 1.92. The molecule has 208 valence electrons. The molecule has 0 bridgehead atoms. The SMILES string of the molecule is COCCOCCOc1ccc([S+](OCCOCCOC)c2ccc(OCCOCCOC)cc2)cc1. The Morgan fingerprint density at radius 2 is 0.784 bits per heavy atom. The van der Waals surface area contributed by atoms with E-state index in [1.807, 2.05) is 48.5 Å². The molecule has 0 amide bonds. The molecule has 0 aliphatic carbocycles. The summed E-state index contributed by atoms with van der Waals surface area (Å²) in [6.07, 6.45) is 0. The van der Waals surface area contributed by atoms with Crippen LogP contribution in [-0.2, 0) is 43.8 Å². The molecule has 37 heavy (non-hydrogen) atoms. The summed E-state index contributed by atoms with van der Waals surface area (Å²) < 4.78 is 49.2. The maximum atomic E-state index is 6.26. The predicted molar refractivity (Wildman–Crippen MR) is 142 cm³/mol. The van der Waals surface area contributed by atoms with Crippen LogP contribution in [0.25, 0.3) is 0 Å². The van der Waals surface area contributed by atoms with Gasteiger partial charge in [0.15, 0.2) is 9.79 Å². The quantitative estimate of drug-likeness (QED) is 0.155. The molecule has 0 aliphatic rings. The van der Waals surface area contributed by atoms with Crippen molar-refractivity contribution >= 4 is 11.2 Å². The largest absolute Gasteiger partial charge is 0.491 e. The van der Waals surface area contributed by atoms with Gasteiger partial charge in [-0.2, -0.15) is 4.18 Å². The molecule has 0 aliphatic heterocycles. The maximum absolute atomic E-state index is 6.26. The van der Waals surface area contributed by atoms with E-state index in [1.165, 1.54) is 0 Å². The van der Waals surface area contributed by atoms with E-state index in [4.69, 9.17) is 42.1 Å². The molecule has 0 spiro atoms. The summed E-state index contributed by atoms with van der Waals surface area (Å²) in [6, 6.07) is 15.9. The fourth-order valence-electron chi connectivity index (χ4n) is 2.94. The molecule has 0 unspecified atom stereocenters. The van der Waals surface area contributed by atoms with Crippen molar-refractivity contribution in [1.82, 2.24) is 0 Å². The van der Waals surface area contributed by atoms with Crippen molar-refractivity contribution in [3.63, 3.8) is 0 Å². The second kappa shape index (κ2) is 21.1. The van der Waals surface area contributed by atoms with Gasteiger partial charge in [0, 0.05) is 45.6 Å². The molecule has 0 heterocycles. The number of ether oxygens (including phenoxy) is 8. The zero-order valence-electron chi connectivity index (χ0n) is 22.2. The number of rotatable bonds is 23. The van der Waals surface area contributed by atoms with Crippen LogP contribution in [0.4, 0.5) is 0 Å². The fraction of sp³-hybridized carbons (Fsp3) is 0.556. The fourth-order valence-corrected chi connectivity index (χ4v) is 4.48. The Bertz CT molecular complexity index is 730. The molecule has 9 nitrogen and oxygen atoms in total. The van der Waals surface area contributed by atoms with Gasteiger partial charge in [-0.3, -0.25) is 0 Å². The Kier molecular flexibility index (Phi) is 17.9. The molecule has 2 rings (SSSR count). The van der Waals surface area contributed by atoms with Crippen molar-refractivity contribution in [2.24, 2.45) is 0 Å². The van der Waals surface area contributed by atoms with E-state index >= 15 is 0 Å². The summed E-state index contributed by atoms with van der Waals surface area (Å²) in [5, 5.41) is 0. The van der Waals surface area contributed by atoms with E-state index in [0.717, 1.165) is 21.3 Å². The van der Waals surface area contributed by atoms with Crippen LogP contribution < -0.4 is 9.47 Å². The van der Waals surface area contributed by atoms with Gasteiger partial charge < -0.3 is 37.9 Å². The molecule has 0 N–H and O–H groups in total. The van der Waals surface area contributed by atoms with Crippen molar-refractivity contribution in [3.8, 4) is 11.5 Å². The maximum Gasteiger partial charge on any atom is 0.223 e. The molecular weight excluding hydrogens is 500 g/mol. The number of hydrogen-bond donors (Lipinski definition) is 0. The number of hydrogen-bond acceptors (Lipinski definition) is 9. The highest BCUT2D eigenvalue weighted by molar-refractivity contribution is 7.92. The lowest BCUT2D eigenvalue weighted by Gasteiger charge is -2.10. The minimum Gasteiger partial charge on any atom is -0.491 e. The van der Waals surface area contributed by atoms with Gasteiger partial charge in [0.25, 0.3) is 0 Å². The highest BCUT2D eigenvalue weighted by atomic mass is 32.2. The van der Waals surface area contributed by atoms with Crippen LogP contribution in [0.3, 0.4) is 0 Å². The summed E-state index contributed by atoms with van der Waals surface area (Å²) in [7, 11) is 4.96. The van der Waals surface area contributed by atoms with Crippen LogP contribution >= 0.6 is 0 Å². The van der Waals surface area contributed by atoms with Crippen molar-refractivity contribution in [2.45, 2.75) is 9.79 Å². The topological polar surface area (TPSA) is 83.1 Å². The molecule has 2 aromatic rings. The second-order valence-electron chi connectivity index (χ2n) is 7.55. The molecule has 0 aromatic heterocycles. The molecular formula is C27H41O9S+. The molecule has 0 radical (unpaired) electrons. The van der Waals surface area contributed by atoms with Crippen LogP contribution in [0.2, 0.25) is 0 Å². The third kappa shape index (κ3) is 14.0. The van der Waals surface area contributed by atoms with Gasteiger partial charge in [0.1, 0.15) is 31.3 Å². The van der Waals surface area contributed by atoms with E-state index in [-0.39, 0.29) is 0 Å². The monoisotopic (exact) mass is 541 g/mol. The molecule has 10 heteroatoms. The molecule has 2 aromatic carbocycles. The lowest BCUT2D eigenvalue weighted by Crippen LogP contribution is -2.14. The van der Waals surface area contributed by atoms with Crippen LogP contribution in [0.15, 0.2) is 58.3 Å². The summed E-state index contributed by atoms with van der Waals surface area (Å²) in [5.41, 5.74) is 0. The molecule has 0 saturated carbocycles. The minimum absolute atomic E-state index is 0.459. The van der Waals surface area contributed by atoms with Crippen LogP contribution in [0.5, 0.6) is 11.5 Å². The van der Waals surface area contributed by atoms with E-state index in [0.29, 0.717) is 79.3 Å². The van der Waals surface area contributed by atoms with Gasteiger partial charge in [-0.05, 0) is 24.3 Å². The first-order valence-electron chi connectivity index (χ1n) is 12.3. The van der Waals surface area contributed by atoms with Crippen molar-refractivity contribution in [1.29, 1.82) is 0 Å². The predicted octanol–water partition coefficient (Wildman–Crippen LogP) is 3.40. The lowest BCUT2D eigenvalue weighted by molar-refractivity contribution is 0.0544. The lowest BCUT2D eigenvalue weighted by atomic mass is 10.3. The van der Waals surface area contributed by atoms with E-state index in [9.17, 15) is 0 Å². The molecule has 0 atom stereocenters. The van der Waals surface area contributed by atoms with E-state index < -0.39 is 11.2 Å². The van der Waals surface area contributed by atoms with Crippen LogP contribution in [0, 0.1) is 0 Å². The molecule has 0 saturated heterocycles. The van der Waals surface area contributed by atoms with Crippen LogP contribution in [-0.4, -0.2) is 101 Å².